The topological polar surface area (TPSA) is 84.3 Å². The molecule has 0 aliphatic heterocycles. The van der Waals surface area contributed by atoms with Crippen molar-refractivity contribution >= 4 is 22.9 Å². The molecule has 3 N–H and O–H groups in total. The summed E-state index contributed by atoms with van der Waals surface area (Å²) in [5.41, 5.74) is 9.41. The van der Waals surface area contributed by atoms with Crippen molar-refractivity contribution in [3.63, 3.8) is 0 Å². The van der Waals surface area contributed by atoms with E-state index in [1.165, 1.54) is 12.8 Å². The third-order valence-corrected chi connectivity index (χ3v) is 4.09. The number of rotatable bonds is 9. The lowest BCUT2D eigenvalue weighted by molar-refractivity contribution is 0.340. The number of nitrogens with zero attached hydrogens (tertiary/aromatic N) is 2. The van der Waals surface area contributed by atoms with E-state index < -0.39 is 0 Å². The summed E-state index contributed by atoms with van der Waals surface area (Å²) in [7, 11) is 0. The molecule has 0 aliphatic rings. The number of unbranched alkanes of at least 4 members (excludes halogenated alkanes) is 2. The minimum Gasteiger partial charge on any atom is -0.494 e. The number of aliphatic imine (C=N–C) groups is 1. The average Bonchev–Trinajstić information content (AvgIpc) is 2.63. The van der Waals surface area contributed by atoms with Crippen molar-refractivity contribution in [1.82, 2.24) is 4.98 Å². The van der Waals surface area contributed by atoms with Crippen LogP contribution in [0, 0.1) is 5.41 Å². The number of nitrogens with two attached hydrogens (primary N) is 1. The number of anilines is 1. The van der Waals surface area contributed by atoms with Gasteiger partial charge in [-0.2, -0.15) is 0 Å². The molecule has 5 nitrogen and oxygen atoms in total. The van der Waals surface area contributed by atoms with Crippen LogP contribution in [0.5, 0.6) is 5.75 Å². The summed E-state index contributed by atoms with van der Waals surface area (Å²) in [5.74, 6) is 1.33. The molecule has 0 saturated carbocycles. The maximum Gasteiger partial charge on any atom is 0.152 e. The van der Waals surface area contributed by atoms with E-state index >= 15 is 0 Å². The van der Waals surface area contributed by atoms with Gasteiger partial charge in [-0.15, -0.1) is 0 Å². The molecule has 0 spiro atoms. The number of ether oxygens (including phenoxy) is 1. The maximum atomic E-state index is 8.54. The van der Waals surface area contributed by atoms with Crippen LogP contribution >= 0.6 is 0 Å². The highest BCUT2D eigenvalue weighted by Gasteiger charge is 2.11. The maximum absolute atomic E-state index is 8.54. The Balaban J connectivity index is 2.23. The van der Waals surface area contributed by atoms with Gasteiger partial charge in [0.2, 0.25) is 0 Å². The van der Waals surface area contributed by atoms with Gasteiger partial charge in [0, 0.05) is 28.7 Å². The van der Waals surface area contributed by atoms with Gasteiger partial charge in [-0.3, -0.25) is 5.41 Å². The van der Waals surface area contributed by atoms with E-state index in [1.54, 1.807) is 24.4 Å². The van der Waals surface area contributed by atoms with Crippen LogP contribution in [0.3, 0.4) is 0 Å². The first-order valence-electron chi connectivity index (χ1n) is 9.17. The summed E-state index contributed by atoms with van der Waals surface area (Å²) in [6.07, 6.45) is 6.20. The first kappa shape index (κ1) is 19.6. The van der Waals surface area contributed by atoms with Gasteiger partial charge >= 0.3 is 0 Å². The van der Waals surface area contributed by atoms with Crippen molar-refractivity contribution < 1.29 is 4.74 Å². The van der Waals surface area contributed by atoms with Gasteiger partial charge in [-0.1, -0.05) is 19.8 Å². The molecule has 5 heteroatoms. The molecule has 1 heterocycles. The van der Waals surface area contributed by atoms with Gasteiger partial charge in [0.15, 0.2) is 5.82 Å². The average molecular weight is 352 g/mol. The smallest absolute Gasteiger partial charge is 0.152 e. The van der Waals surface area contributed by atoms with Crippen LogP contribution in [0.1, 0.15) is 57.6 Å². The van der Waals surface area contributed by atoms with Crippen molar-refractivity contribution in [2.45, 2.75) is 46.5 Å². The third-order valence-electron chi connectivity index (χ3n) is 4.09. The molecular formula is C21H28N4O. The summed E-state index contributed by atoms with van der Waals surface area (Å²) in [5, 5.41) is 8.54. The molecule has 2 aromatic rings. The number of hydrogen-bond donors (Lipinski definition) is 2. The normalized spacial score (nSPS) is 11.4. The predicted molar refractivity (Wildman–Crippen MR) is 109 cm³/mol. The highest BCUT2D eigenvalue weighted by Crippen LogP contribution is 2.24. The fourth-order valence-electron chi connectivity index (χ4n) is 2.68. The Morgan fingerprint density at radius 3 is 2.73 bits per heavy atom. The van der Waals surface area contributed by atoms with E-state index in [0.717, 1.165) is 24.1 Å². The van der Waals surface area contributed by atoms with Crippen LogP contribution < -0.4 is 10.5 Å². The first-order chi connectivity index (χ1) is 12.5. The lowest BCUT2D eigenvalue weighted by atomic mass is 10.0. The number of nitrogens with one attached hydrogen (secondary N) is 1. The Morgan fingerprint density at radius 1 is 1.19 bits per heavy atom. The molecule has 0 atom stereocenters. The van der Waals surface area contributed by atoms with Crippen molar-refractivity contribution in [1.29, 1.82) is 5.41 Å². The molecule has 1 aromatic carbocycles. The molecule has 2 rings (SSSR count). The number of benzene rings is 1. The number of aromatic nitrogens is 1. The molecule has 138 valence electrons. The quantitative estimate of drug-likeness (QED) is 0.372. The van der Waals surface area contributed by atoms with Gasteiger partial charge in [0.05, 0.1) is 12.3 Å². The Morgan fingerprint density at radius 2 is 2.00 bits per heavy atom. The molecule has 0 amide bonds. The highest BCUT2D eigenvalue weighted by atomic mass is 16.5. The van der Waals surface area contributed by atoms with Crippen molar-refractivity contribution in [2.75, 3.05) is 12.3 Å². The zero-order chi connectivity index (χ0) is 18.9. The second-order valence-electron chi connectivity index (χ2n) is 6.26. The second-order valence-corrected chi connectivity index (χ2v) is 6.26. The minimum atomic E-state index is 0.339. The minimum absolute atomic E-state index is 0.339. The molecule has 1 aromatic heterocycles. The van der Waals surface area contributed by atoms with Gasteiger partial charge < -0.3 is 10.5 Å². The Kier molecular flexibility index (Phi) is 7.33. The third kappa shape index (κ3) is 5.41. The molecule has 0 bridgehead atoms. The molecular weight excluding hydrogens is 324 g/mol. The second kappa shape index (κ2) is 9.70. The van der Waals surface area contributed by atoms with Crippen LogP contribution in [0.4, 0.5) is 11.5 Å². The monoisotopic (exact) mass is 352 g/mol. The first-order valence-corrected chi connectivity index (χ1v) is 9.17. The van der Waals surface area contributed by atoms with Crippen LogP contribution in [-0.2, 0) is 0 Å². The fourth-order valence-corrected chi connectivity index (χ4v) is 2.68. The van der Waals surface area contributed by atoms with Gasteiger partial charge in [-0.05, 0) is 57.0 Å². The fraction of sp³-hybridized carbons (Fsp3) is 0.381. The van der Waals surface area contributed by atoms with Gasteiger partial charge in [0.1, 0.15) is 5.75 Å². The van der Waals surface area contributed by atoms with Crippen LogP contribution in [0.15, 0.2) is 41.5 Å². The zero-order valence-electron chi connectivity index (χ0n) is 15.9. The summed E-state index contributed by atoms with van der Waals surface area (Å²) in [4.78, 5) is 8.90. The molecule has 0 unspecified atom stereocenters. The van der Waals surface area contributed by atoms with E-state index in [2.05, 4.69) is 16.9 Å². The number of pyridine rings is 1. The predicted octanol–water partition coefficient (Wildman–Crippen LogP) is 5.15. The molecule has 0 fully saturated rings. The summed E-state index contributed by atoms with van der Waals surface area (Å²) in [6, 6.07) is 9.03. The lowest BCUT2D eigenvalue weighted by Gasteiger charge is -2.11. The zero-order valence-corrected chi connectivity index (χ0v) is 15.9. The SMILES string of the molecule is CCCCCC(C)=Nc1cc(C(=N)c2cc(OCC)ccc2N)ccn1. The van der Waals surface area contributed by atoms with Crippen molar-refractivity contribution in [3.05, 3.63) is 47.7 Å². The lowest BCUT2D eigenvalue weighted by Crippen LogP contribution is -2.06. The van der Waals surface area contributed by atoms with E-state index in [1.807, 2.05) is 26.0 Å². The Bertz CT molecular complexity index is 783. The van der Waals surface area contributed by atoms with E-state index in [-0.39, 0.29) is 0 Å². The highest BCUT2D eigenvalue weighted by molar-refractivity contribution is 6.14. The molecule has 0 saturated heterocycles. The molecule has 0 aliphatic carbocycles. The van der Waals surface area contributed by atoms with Crippen molar-refractivity contribution in [3.8, 4) is 5.75 Å². The molecule has 0 radical (unpaired) electrons. The largest absolute Gasteiger partial charge is 0.494 e. The summed E-state index contributed by atoms with van der Waals surface area (Å²) in [6.45, 7) is 6.72. The number of nitrogen functional groups attached to an aromatic ring is 1. The standard InChI is InChI=1S/C21H28N4O/c1-4-6-7-8-15(3)25-20-13-16(11-12-24-20)21(23)18-14-17(26-5-2)9-10-19(18)22/h9-14,23H,4-8,22H2,1-3H3. The Hall–Kier alpha value is -2.69. The Labute approximate surface area is 155 Å². The van der Waals surface area contributed by atoms with E-state index in [4.69, 9.17) is 15.9 Å². The van der Waals surface area contributed by atoms with Crippen LogP contribution in [0.25, 0.3) is 0 Å². The van der Waals surface area contributed by atoms with Crippen LogP contribution in [0.2, 0.25) is 0 Å². The summed E-state index contributed by atoms with van der Waals surface area (Å²) >= 11 is 0. The van der Waals surface area contributed by atoms with Gasteiger partial charge in [-0.25, -0.2) is 9.98 Å². The summed E-state index contributed by atoms with van der Waals surface area (Å²) < 4.78 is 5.52. The number of hydrogen-bond acceptors (Lipinski definition) is 5. The van der Waals surface area contributed by atoms with Gasteiger partial charge in [0.25, 0.3) is 0 Å². The van der Waals surface area contributed by atoms with Crippen molar-refractivity contribution in [2.24, 2.45) is 4.99 Å². The van der Waals surface area contributed by atoms with E-state index in [0.29, 0.717) is 35.1 Å². The van der Waals surface area contributed by atoms with Crippen LogP contribution in [-0.4, -0.2) is 23.0 Å². The molecule has 26 heavy (non-hydrogen) atoms. The van der Waals surface area contributed by atoms with E-state index in [9.17, 15) is 0 Å².